The fourth-order valence-electron chi connectivity index (χ4n) is 3.17. The highest BCUT2D eigenvalue weighted by molar-refractivity contribution is 7.89. The Morgan fingerprint density at radius 1 is 1.09 bits per heavy atom. The van der Waals surface area contributed by atoms with E-state index < -0.39 is 10.0 Å². The van der Waals surface area contributed by atoms with E-state index >= 15 is 0 Å². The summed E-state index contributed by atoms with van der Waals surface area (Å²) in [6.45, 7) is 3.01. The Morgan fingerprint density at radius 3 is 2.41 bits per heavy atom. The maximum absolute atomic E-state index is 13.1. The second kappa shape index (κ2) is 5.13. The lowest BCUT2D eigenvalue weighted by Crippen LogP contribution is -2.41. The number of sulfonamides is 1. The van der Waals surface area contributed by atoms with Crippen molar-refractivity contribution in [3.63, 3.8) is 0 Å². The van der Waals surface area contributed by atoms with Gasteiger partial charge in [-0.2, -0.15) is 4.31 Å². The zero-order chi connectivity index (χ0) is 15.3. The molecule has 4 rings (SSSR count). The molecular formula is C16H21NO4S. The van der Waals surface area contributed by atoms with Crippen molar-refractivity contribution in [2.24, 2.45) is 5.92 Å². The standard InChI is InChI=1S/C16H21NO4S/c1-11(12-2-3-12)17(13-4-5-13)22(18,19)14-6-7-15-16(10-14)21-9-8-20-15/h6-7,10-13H,2-5,8-9H2,1H3. The minimum absolute atomic E-state index is 0.0886. The molecule has 0 N–H and O–H groups in total. The Balaban J connectivity index is 1.69. The molecule has 22 heavy (non-hydrogen) atoms. The Labute approximate surface area is 131 Å². The van der Waals surface area contributed by atoms with Gasteiger partial charge < -0.3 is 9.47 Å². The average molecular weight is 323 g/mol. The van der Waals surface area contributed by atoms with Crippen molar-refractivity contribution in [1.82, 2.24) is 4.31 Å². The molecule has 0 spiro atoms. The molecule has 2 saturated carbocycles. The quantitative estimate of drug-likeness (QED) is 0.835. The van der Waals surface area contributed by atoms with Crippen LogP contribution >= 0.6 is 0 Å². The van der Waals surface area contributed by atoms with Gasteiger partial charge >= 0.3 is 0 Å². The first-order valence-corrected chi connectivity index (χ1v) is 9.44. The number of fused-ring (bicyclic) bond motifs is 1. The van der Waals surface area contributed by atoms with Gasteiger partial charge in [0.05, 0.1) is 4.90 Å². The van der Waals surface area contributed by atoms with Crippen LogP contribution in [0, 0.1) is 5.92 Å². The molecule has 0 bridgehead atoms. The Hall–Kier alpha value is -1.27. The largest absolute Gasteiger partial charge is 0.486 e. The number of benzene rings is 1. The summed E-state index contributed by atoms with van der Waals surface area (Å²) in [6, 6.07) is 5.21. The highest BCUT2D eigenvalue weighted by atomic mass is 32.2. The molecule has 6 heteroatoms. The minimum Gasteiger partial charge on any atom is -0.486 e. The summed E-state index contributed by atoms with van der Waals surface area (Å²) in [7, 11) is -3.48. The molecule has 0 amide bonds. The highest BCUT2D eigenvalue weighted by Gasteiger charge is 2.45. The van der Waals surface area contributed by atoms with Crippen LogP contribution in [0.3, 0.4) is 0 Å². The summed E-state index contributed by atoms with van der Waals surface area (Å²) < 4.78 is 39.0. The Morgan fingerprint density at radius 2 is 1.77 bits per heavy atom. The smallest absolute Gasteiger partial charge is 0.243 e. The van der Waals surface area contributed by atoms with Crippen molar-refractivity contribution in [2.45, 2.75) is 49.6 Å². The van der Waals surface area contributed by atoms with Gasteiger partial charge in [0.15, 0.2) is 11.5 Å². The summed E-state index contributed by atoms with van der Waals surface area (Å²) >= 11 is 0. The lowest BCUT2D eigenvalue weighted by atomic mass is 10.2. The van der Waals surface area contributed by atoms with Gasteiger partial charge in [0.25, 0.3) is 0 Å². The molecule has 1 aromatic carbocycles. The van der Waals surface area contributed by atoms with Crippen LogP contribution in [-0.2, 0) is 10.0 Å². The van der Waals surface area contributed by atoms with Crippen molar-refractivity contribution in [2.75, 3.05) is 13.2 Å². The summed E-state index contributed by atoms with van der Waals surface area (Å²) in [6.07, 6.45) is 4.23. The van der Waals surface area contributed by atoms with Crippen LogP contribution in [0.1, 0.15) is 32.6 Å². The van der Waals surface area contributed by atoms with E-state index in [2.05, 4.69) is 0 Å². The Kier molecular flexibility index (Phi) is 3.34. The van der Waals surface area contributed by atoms with Gasteiger partial charge in [0, 0.05) is 18.2 Å². The Bertz CT molecular complexity index is 679. The van der Waals surface area contributed by atoms with Gasteiger partial charge in [-0.15, -0.1) is 0 Å². The number of nitrogens with zero attached hydrogens (tertiary/aromatic N) is 1. The topological polar surface area (TPSA) is 55.8 Å². The van der Waals surface area contributed by atoms with Gasteiger partial charge in [-0.3, -0.25) is 0 Å². The number of rotatable bonds is 5. The molecular weight excluding hydrogens is 302 g/mol. The molecule has 1 aliphatic heterocycles. The van der Waals surface area contributed by atoms with Crippen LogP contribution < -0.4 is 9.47 Å². The molecule has 1 atom stereocenters. The van der Waals surface area contributed by atoms with E-state index in [9.17, 15) is 8.42 Å². The highest BCUT2D eigenvalue weighted by Crippen LogP contribution is 2.43. The van der Waals surface area contributed by atoms with Gasteiger partial charge in [0.2, 0.25) is 10.0 Å². The van der Waals surface area contributed by atoms with Crippen molar-refractivity contribution in [1.29, 1.82) is 0 Å². The summed E-state index contributed by atoms with van der Waals surface area (Å²) in [4.78, 5) is 0.316. The fraction of sp³-hybridized carbons (Fsp3) is 0.625. The molecule has 1 unspecified atom stereocenters. The van der Waals surface area contributed by atoms with Crippen LogP contribution in [0.2, 0.25) is 0 Å². The first-order valence-electron chi connectivity index (χ1n) is 8.00. The lowest BCUT2D eigenvalue weighted by Gasteiger charge is -2.29. The molecule has 2 aliphatic carbocycles. The molecule has 0 saturated heterocycles. The van der Waals surface area contributed by atoms with Crippen LogP contribution in [0.4, 0.5) is 0 Å². The first-order chi connectivity index (χ1) is 10.6. The fourth-order valence-corrected chi connectivity index (χ4v) is 5.12. The van der Waals surface area contributed by atoms with E-state index in [1.165, 1.54) is 0 Å². The summed E-state index contributed by atoms with van der Waals surface area (Å²) in [5, 5.41) is 0. The van der Waals surface area contributed by atoms with Crippen LogP contribution in [0.15, 0.2) is 23.1 Å². The predicted octanol–water partition coefficient (Wildman–Crippen LogP) is 2.41. The van der Waals surface area contributed by atoms with Crippen molar-refractivity contribution in [3.05, 3.63) is 18.2 Å². The second-order valence-electron chi connectivity index (χ2n) is 6.45. The van der Waals surface area contributed by atoms with Crippen LogP contribution in [0.5, 0.6) is 11.5 Å². The number of ether oxygens (including phenoxy) is 2. The van der Waals surface area contributed by atoms with E-state index in [1.54, 1.807) is 22.5 Å². The van der Waals surface area contributed by atoms with Gasteiger partial charge in [0.1, 0.15) is 13.2 Å². The normalized spacial score (nSPS) is 22.6. The van der Waals surface area contributed by atoms with E-state index in [0.29, 0.717) is 35.5 Å². The molecule has 1 heterocycles. The molecule has 2 fully saturated rings. The van der Waals surface area contributed by atoms with E-state index in [1.807, 2.05) is 6.92 Å². The van der Waals surface area contributed by atoms with Gasteiger partial charge in [-0.05, 0) is 50.7 Å². The predicted molar refractivity (Wildman–Crippen MR) is 81.7 cm³/mol. The van der Waals surface area contributed by atoms with Crippen molar-refractivity contribution < 1.29 is 17.9 Å². The molecule has 1 aromatic rings. The second-order valence-corrected chi connectivity index (χ2v) is 8.29. The van der Waals surface area contributed by atoms with E-state index in [0.717, 1.165) is 25.7 Å². The van der Waals surface area contributed by atoms with Crippen LogP contribution in [0.25, 0.3) is 0 Å². The summed E-state index contributed by atoms with van der Waals surface area (Å²) in [5.74, 6) is 1.67. The molecule has 120 valence electrons. The lowest BCUT2D eigenvalue weighted by molar-refractivity contribution is 0.171. The van der Waals surface area contributed by atoms with Crippen molar-refractivity contribution in [3.8, 4) is 11.5 Å². The van der Waals surface area contributed by atoms with Crippen molar-refractivity contribution >= 4 is 10.0 Å². The van der Waals surface area contributed by atoms with E-state index in [-0.39, 0.29) is 12.1 Å². The zero-order valence-electron chi connectivity index (χ0n) is 12.7. The zero-order valence-corrected chi connectivity index (χ0v) is 13.5. The number of hydrogen-bond donors (Lipinski definition) is 0. The maximum atomic E-state index is 13.1. The molecule has 0 aromatic heterocycles. The van der Waals surface area contributed by atoms with Gasteiger partial charge in [-0.1, -0.05) is 0 Å². The molecule has 5 nitrogen and oxygen atoms in total. The van der Waals surface area contributed by atoms with E-state index in [4.69, 9.17) is 9.47 Å². The van der Waals surface area contributed by atoms with Gasteiger partial charge in [-0.25, -0.2) is 8.42 Å². The third-order valence-corrected chi connectivity index (χ3v) is 6.74. The maximum Gasteiger partial charge on any atom is 0.243 e. The summed E-state index contributed by atoms with van der Waals surface area (Å²) in [5.41, 5.74) is 0. The molecule has 0 radical (unpaired) electrons. The average Bonchev–Trinajstić information content (AvgIpc) is 3.38. The third kappa shape index (κ3) is 2.48. The SMILES string of the molecule is CC(C1CC1)N(C1CC1)S(=O)(=O)c1ccc2c(c1)OCCO2. The monoisotopic (exact) mass is 323 g/mol. The minimum atomic E-state index is -3.48. The molecule has 3 aliphatic rings. The number of hydrogen-bond acceptors (Lipinski definition) is 4. The third-order valence-electron chi connectivity index (χ3n) is 4.70. The van der Waals surface area contributed by atoms with Crippen LogP contribution in [-0.4, -0.2) is 38.0 Å². The first kappa shape index (κ1) is 14.3.